The van der Waals surface area contributed by atoms with Gasteiger partial charge < -0.3 is 13.7 Å². The van der Waals surface area contributed by atoms with Crippen molar-refractivity contribution in [3.63, 3.8) is 0 Å². The summed E-state index contributed by atoms with van der Waals surface area (Å²) in [6.07, 6.45) is 7.26. The number of rotatable bonds is 6. The van der Waals surface area contributed by atoms with Crippen molar-refractivity contribution in [2.45, 2.75) is 60.7 Å². The molecule has 6 heteroatoms. The molecule has 0 N–H and O–H groups in total. The highest BCUT2D eigenvalue weighted by atomic mass is 15.1. The molecule has 3 rings (SSSR count). The van der Waals surface area contributed by atoms with E-state index < -0.39 is 0 Å². The number of hydrogen-bond donors (Lipinski definition) is 0. The van der Waals surface area contributed by atoms with Crippen molar-refractivity contribution >= 4 is 0 Å². The summed E-state index contributed by atoms with van der Waals surface area (Å²) >= 11 is 0. The Labute approximate surface area is 143 Å². The zero-order valence-corrected chi connectivity index (χ0v) is 15.2. The van der Waals surface area contributed by atoms with Gasteiger partial charge in [-0.2, -0.15) is 0 Å². The van der Waals surface area contributed by atoms with Crippen LogP contribution in [0.4, 0.5) is 0 Å². The van der Waals surface area contributed by atoms with Crippen LogP contribution in [-0.4, -0.2) is 28.7 Å². The summed E-state index contributed by atoms with van der Waals surface area (Å²) in [7, 11) is 0. The summed E-state index contributed by atoms with van der Waals surface area (Å²) in [4.78, 5) is 13.6. The first-order chi connectivity index (χ1) is 11.4. The SMILES string of the molecule is Cc1cn(CCc2nc(C)cn2CCn2cc(C)nc2C)c(C)n1. The zero-order valence-electron chi connectivity index (χ0n) is 15.2. The van der Waals surface area contributed by atoms with E-state index in [1.54, 1.807) is 0 Å². The van der Waals surface area contributed by atoms with E-state index in [2.05, 4.69) is 63.0 Å². The minimum absolute atomic E-state index is 0.909. The van der Waals surface area contributed by atoms with Crippen LogP contribution in [0.2, 0.25) is 0 Å². The Balaban J connectivity index is 1.68. The molecule has 24 heavy (non-hydrogen) atoms. The molecule has 3 aromatic heterocycles. The summed E-state index contributed by atoms with van der Waals surface area (Å²) in [6.45, 7) is 13.0. The van der Waals surface area contributed by atoms with Crippen molar-refractivity contribution in [2.75, 3.05) is 0 Å². The third kappa shape index (κ3) is 3.58. The van der Waals surface area contributed by atoms with Crippen LogP contribution < -0.4 is 0 Å². The van der Waals surface area contributed by atoms with E-state index in [1.165, 1.54) is 0 Å². The molecule has 3 aromatic rings. The van der Waals surface area contributed by atoms with Gasteiger partial charge in [-0.1, -0.05) is 0 Å². The largest absolute Gasteiger partial charge is 0.334 e. The Kier molecular flexibility index (Phi) is 4.55. The van der Waals surface area contributed by atoms with Crippen molar-refractivity contribution in [3.8, 4) is 0 Å². The lowest BCUT2D eigenvalue weighted by atomic mass is 10.3. The van der Waals surface area contributed by atoms with Crippen LogP contribution in [0.1, 0.15) is 34.6 Å². The van der Waals surface area contributed by atoms with Crippen molar-refractivity contribution in [2.24, 2.45) is 0 Å². The van der Waals surface area contributed by atoms with Gasteiger partial charge in [-0.25, -0.2) is 15.0 Å². The highest BCUT2D eigenvalue weighted by molar-refractivity contribution is 5.05. The molecule has 0 atom stereocenters. The molecule has 0 aromatic carbocycles. The highest BCUT2D eigenvalue weighted by Gasteiger charge is 2.09. The summed E-state index contributed by atoms with van der Waals surface area (Å²) < 4.78 is 6.67. The van der Waals surface area contributed by atoms with E-state index in [0.717, 1.165) is 60.6 Å². The Bertz CT molecular complexity index is 768. The molecular formula is C18H26N6. The molecule has 3 heterocycles. The van der Waals surface area contributed by atoms with Crippen LogP contribution in [-0.2, 0) is 26.1 Å². The van der Waals surface area contributed by atoms with E-state index in [-0.39, 0.29) is 0 Å². The average molecular weight is 326 g/mol. The Morgan fingerprint density at radius 1 is 0.625 bits per heavy atom. The summed E-state index contributed by atoms with van der Waals surface area (Å²) in [5, 5.41) is 0. The second-order valence-electron chi connectivity index (χ2n) is 6.49. The van der Waals surface area contributed by atoms with Crippen molar-refractivity contribution in [1.82, 2.24) is 28.7 Å². The standard InChI is InChI=1S/C18H26N6/c1-13-10-22(16(4)19-13)7-6-18-21-15(3)12-24(18)9-8-23-11-14(2)20-17(23)5/h10-12H,6-9H2,1-5H3. The molecule has 0 amide bonds. The van der Waals surface area contributed by atoms with Gasteiger partial charge in [0.1, 0.15) is 17.5 Å². The average Bonchev–Trinajstić information content (AvgIpc) is 3.12. The van der Waals surface area contributed by atoms with Crippen LogP contribution in [0.25, 0.3) is 0 Å². The van der Waals surface area contributed by atoms with Gasteiger partial charge in [0.15, 0.2) is 0 Å². The van der Waals surface area contributed by atoms with Crippen molar-refractivity contribution in [1.29, 1.82) is 0 Å². The molecule has 0 radical (unpaired) electrons. The van der Waals surface area contributed by atoms with E-state index >= 15 is 0 Å². The van der Waals surface area contributed by atoms with Gasteiger partial charge in [0.25, 0.3) is 0 Å². The van der Waals surface area contributed by atoms with Gasteiger partial charge in [0.05, 0.1) is 17.1 Å². The van der Waals surface area contributed by atoms with Crippen molar-refractivity contribution in [3.05, 3.63) is 53.1 Å². The third-order valence-corrected chi connectivity index (χ3v) is 4.33. The molecule has 0 unspecified atom stereocenters. The summed E-state index contributed by atoms with van der Waals surface area (Å²) in [5.41, 5.74) is 3.21. The highest BCUT2D eigenvalue weighted by Crippen LogP contribution is 2.09. The Hall–Kier alpha value is -2.37. The number of nitrogens with zero attached hydrogens (tertiary/aromatic N) is 6. The normalized spacial score (nSPS) is 11.4. The topological polar surface area (TPSA) is 53.5 Å². The lowest BCUT2D eigenvalue weighted by molar-refractivity contribution is 0.536. The fourth-order valence-electron chi connectivity index (χ4n) is 3.21. The lowest BCUT2D eigenvalue weighted by Gasteiger charge is -2.10. The van der Waals surface area contributed by atoms with E-state index in [1.807, 2.05) is 13.8 Å². The van der Waals surface area contributed by atoms with Crippen LogP contribution >= 0.6 is 0 Å². The van der Waals surface area contributed by atoms with Gasteiger partial charge in [-0.15, -0.1) is 0 Å². The predicted octanol–water partition coefficient (Wildman–Crippen LogP) is 2.76. The molecule has 0 aliphatic heterocycles. The van der Waals surface area contributed by atoms with Crippen LogP contribution in [0, 0.1) is 34.6 Å². The molecule has 0 aliphatic rings. The minimum Gasteiger partial charge on any atom is -0.334 e. The van der Waals surface area contributed by atoms with E-state index in [4.69, 9.17) is 4.98 Å². The second kappa shape index (κ2) is 6.63. The third-order valence-electron chi connectivity index (χ3n) is 4.33. The van der Waals surface area contributed by atoms with Gasteiger partial charge in [0.2, 0.25) is 0 Å². The number of aromatic nitrogens is 6. The first-order valence-electron chi connectivity index (χ1n) is 8.46. The molecule has 6 nitrogen and oxygen atoms in total. The van der Waals surface area contributed by atoms with Crippen LogP contribution in [0.3, 0.4) is 0 Å². The Morgan fingerprint density at radius 3 is 1.62 bits per heavy atom. The van der Waals surface area contributed by atoms with Gasteiger partial charge in [-0.05, 0) is 34.6 Å². The monoisotopic (exact) mass is 326 g/mol. The van der Waals surface area contributed by atoms with E-state index in [9.17, 15) is 0 Å². The molecule has 128 valence electrons. The molecule has 0 saturated heterocycles. The summed E-state index contributed by atoms with van der Waals surface area (Å²) in [6, 6.07) is 0. The van der Waals surface area contributed by atoms with Crippen LogP contribution in [0.15, 0.2) is 18.6 Å². The smallest absolute Gasteiger partial charge is 0.110 e. The maximum Gasteiger partial charge on any atom is 0.110 e. The zero-order chi connectivity index (χ0) is 17.3. The van der Waals surface area contributed by atoms with Gasteiger partial charge >= 0.3 is 0 Å². The molecule has 0 aliphatic carbocycles. The number of imidazole rings is 3. The first kappa shape index (κ1) is 16.5. The number of hydrogen-bond acceptors (Lipinski definition) is 3. The lowest BCUT2D eigenvalue weighted by Crippen LogP contribution is -2.12. The van der Waals surface area contributed by atoms with Gasteiger partial charge in [0, 0.05) is 44.6 Å². The first-order valence-corrected chi connectivity index (χ1v) is 8.46. The number of aryl methyl sites for hydroxylation is 9. The maximum atomic E-state index is 4.71. The minimum atomic E-state index is 0.909. The van der Waals surface area contributed by atoms with E-state index in [0.29, 0.717) is 0 Å². The predicted molar refractivity (Wildman–Crippen MR) is 94.1 cm³/mol. The molecule has 0 saturated carbocycles. The molecular weight excluding hydrogens is 300 g/mol. The summed E-state index contributed by atoms with van der Waals surface area (Å²) in [5.74, 6) is 3.26. The fourth-order valence-corrected chi connectivity index (χ4v) is 3.21. The maximum absolute atomic E-state index is 4.71. The fraction of sp³-hybridized carbons (Fsp3) is 0.500. The molecule has 0 fully saturated rings. The van der Waals surface area contributed by atoms with Crippen molar-refractivity contribution < 1.29 is 0 Å². The second-order valence-corrected chi connectivity index (χ2v) is 6.49. The van der Waals surface area contributed by atoms with Crippen LogP contribution in [0.5, 0.6) is 0 Å². The quantitative estimate of drug-likeness (QED) is 0.700. The van der Waals surface area contributed by atoms with Gasteiger partial charge in [-0.3, -0.25) is 0 Å². The Morgan fingerprint density at radius 2 is 1.08 bits per heavy atom. The molecule has 0 bridgehead atoms. The molecule has 0 spiro atoms.